The normalized spacial score (nSPS) is 19.7. The highest BCUT2D eigenvalue weighted by Gasteiger charge is 2.36. The lowest BCUT2D eigenvalue weighted by molar-refractivity contribution is -0.116. The van der Waals surface area contributed by atoms with Crippen molar-refractivity contribution in [2.24, 2.45) is 5.92 Å². The molecule has 2 N–H and O–H groups in total. The number of amides is 3. The first kappa shape index (κ1) is 21.0. The van der Waals surface area contributed by atoms with E-state index in [-0.39, 0.29) is 47.4 Å². The van der Waals surface area contributed by atoms with Gasteiger partial charge >= 0.3 is 6.03 Å². The molecule has 0 saturated carbocycles. The summed E-state index contributed by atoms with van der Waals surface area (Å²) in [5, 5.41) is 5.51. The SMILES string of the molecule is CN(C)CC(=O)Nc1ccc2n(c1=O)C[C@@H]1C[C@@H]2CN(C(=O)Nc2ccc(F)cc2)C1. The van der Waals surface area contributed by atoms with Crippen molar-refractivity contribution in [3.8, 4) is 0 Å². The van der Waals surface area contributed by atoms with Crippen molar-refractivity contribution < 1.29 is 14.0 Å². The van der Waals surface area contributed by atoms with Crippen molar-refractivity contribution in [2.45, 2.75) is 18.9 Å². The topological polar surface area (TPSA) is 86.7 Å². The minimum atomic E-state index is -0.357. The molecule has 0 radical (unpaired) electrons. The molecule has 2 aromatic rings. The maximum atomic E-state index is 13.1. The van der Waals surface area contributed by atoms with Gasteiger partial charge in [0.05, 0.1) is 6.54 Å². The standard InChI is InChI=1S/C22H26FN5O3/c1-26(2)13-20(29)25-18-7-8-19-15-9-14(11-28(19)21(18)30)10-27(12-15)22(31)24-17-5-3-16(23)4-6-17/h3-8,14-15H,9-13H2,1-2H3,(H,24,31)(H,25,29)/t14-,15-/m1/s1. The van der Waals surface area contributed by atoms with Crippen LogP contribution >= 0.6 is 0 Å². The highest BCUT2D eigenvalue weighted by molar-refractivity contribution is 5.92. The van der Waals surface area contributed by atoms with Gasteiger partial charge in [-0.3, -0.25) is 9.59 Å². The van der Waals surface area contributed by atoms with Gasteiger partial charge in [-0.2, -0.15) is 0 Å². The van der Waals surface area contributed by atoms with Crippen molar-refractivity contribution in [3.63, 3.8) is 0 Å². The minimum absolute atomic E-state index is 0.0469. The molecule has 4 rings (SSSR count). The number of carbonyl (C=O) groups excluding carboxylic acids is 2. The molecule has 2 aliphatic heterocycles. The highest BCUT2D eigenvalue weighted by Crippen LogP contribution is 2.35. The van der Waals surface area contributed by atoms with Crippen molar-refractivity contribution in [1.82, 2.24) is 14.4 Å². The lowest BCUT2D eigenvalue weighted by Gasteiger charge is -2.42. The van der Waals surface area contributed by atoms with E-state index >= 15 is 0 Å². The molecule has 1 aromatic carbocycles. The van der Waals surface area contributed by atoms with Crippen LogP contribution in [-0.4, -0.2) is 60.0 Å². The number of urea groups is 1. The monoisotopic (exact) mass is 427 g/mol. The van der Waals surface area contributed by atoms with Gasteiger partial charge in [-0.1, -0.05) is 0 Å². The van der Waals surface area contributed by atoms with Gasteiger partial charge in [0, 0.05) is 36.9 Å². The zero-order valence-electron chi connectivity index (χ0n) is 17.6. The fraction of sp³-hybridized carbons (Fsp3) is 0.409. The summed E-state index contributed by atoms with van der Waals surface area (Å²) >= 11 is 0. The summed E-state index contributed by atoms with van der Waals surface area (Å²) < 4.78 is 14.8. The number of rotatable bonds is 4. The average molecular weight is 427 g/mol. The third-order valence-electron chi connectivity index (χ3n) is 5.72. The van der Waals surface area contributed by atoms with Gasteiger partial charge in [-0.05, 0) is 62.8 Å². The predicted octanol–water partition coefficient (Wildman–Crippen LogP) is 2.14. The number of hydrogen-bond donors (Lipinski definition) is 2. The van der Waals surface area contributed by atoms with Gasteiger partial charge in [-0.25, -0.2) is 9.18 Å². The number of nitrogens with zero attached hydrogens (tertiary/aromatic N) is 3. The molecule has 164 valence electrons. The molecule has 31 heavy (non-hydrogen) atoms. The van der Waals surface area contributed by atoms with Gasteiger partial charge in [0.15, 0.2) is 0 Å². The number of benzene rings is 1. The van der Waals surface area contributed by atoms with E-state index in [0.29, 0.717) is 25.3 Å². The van der Waals surface area contributed by atoms with Crippen LogP contribution in [0.4, 0.5) is 20.6 Å². The Hall–Kier alpha value is -3.20. The van der Waals surface area contributed by atoms with Gasteiger partial charge in [0.1, 0.15) is 11.5 Å². The summed E-state index contributed by atoms with van der Waals surface area (Å²) in [5.41, 5.74) is 1.49. The number of aromatic nitrogens is 1. The van der Waals surface area contributed by atoms with Gasteiger partial charge in [0.25, 0.3) is 5.56 Å². The van der Waals surface area contributed by atoms with E-state index in [1.54, 1.807) is 34.5 Å². The number of halogens is 1. The second-order valence-electron chi connectivity index (χ2n) is 8.51. The summed E-state index contributed by atoms with van der Waals surface area (Å²) in [5.74, 6) is -0.395. The Bertz CT molecular complexity index is 1050. The molecule has 1 aromatic heterocycles. The Morgan fingerprint density at radius 1 is 1.06 bits per heavy atom. The molecule has 2 bridgehead atoms. The Morgan fingerprint density at radius 2 is 1.81 bits per heavy atom. The summed E-state index contributed by atoms with van der Waals surface area (Å²) in [7, 11) is 3.58. The Morgan fingerprint density at radius 3 is 2.52 bits per heavy atom. The number of piperidine rings is 1. The van der Waals surface area contributed by atoms with Crippen LogP contribution in [0, 0.1) is 11.7 Å². The summed E-state index contributed by atoms with van der Waals surface area (Å²) in [6.07, 6.45) is 0.909. The number of fused-ring (bicyclic) bond motifs is 4. The molecular formula is C22H26FN5O3. The van der Waals surface area contributed by atoms with E-state index in [2.05, 4.69) is 10.6 Å². The van der Waals surface area contributed by atoms with Crippen LogP contribution in [0.25, 0.3) is 0 Å². The summed E-state index contributed by atoms with van der Waals surface area (Å²) in [6.45, 7) is 1.73. The first-order chi connectivity index (χ1) is 14.8. The molecule has 0 unspecified atom stereocenters. The number of hydrogen-bond acceptors (Lipinski definition) is 4. The van der Waals surface area contributed by atoms with Crippen LogP contribution in [0.15, 0.2) is 41.2 Å². The average Bonchev–Trinajstić information content (AvgIpc) is 2.71. The fourth-order valence-electron chi connectivity index (χ4n) is 4.42. The van der Waals surface area contributed by atoms with E-state index in [1.807, 2.05) is 6.07 Å². The van der Waals surface area contributed by atoms with Crippen molar-refractivity contribution >= 4 is 23.3 Å². The molecular weight excluding hydrogens is 401 g/mol. The van der Waals surface area contributed by atoms with Crippen LogP contribution in [0.5, 0.6) is 0 Å². The number of carbonyl (C=O) groups is 2. The van der Waals surface area contributed by atoms with Crippen LogP contribution in [0.2, 0.25) is 0 Å². The van der Waals surface area contributed by atoms with Crippen molar-refractivity contribution in [3.05, 3.63) is 58.3 Å². The van der Waals surface area contributed by atoms with Crippen LogP contribution in [0.3, 0.4) is 0 Å². The van der Waals surface area contributed by atoms with E-state index in [1.165, 1.54) is 24.3 Å². The molecule has 3 heterocycles. The molecule has 0 spiro atoms. The van der Waals surface area contributed by atoms with Crippen LogP contribution < -0.4 is 16.2 Å². The molecule has 1 saturated heterocycles. The van der Waals surface area contributed by atoms with Crippen molar-refractivity contribution in [2.75, 3.05) is 44.4 Å². The van der Waals surface area contributed by atoms with Gasteiger partial charge in [0.2, 0.25) is 5.91 Å². The molecule has 8 nitrogen and oxygen atoms in total. The van der Waals surface area contributed by atoms with Crippen LogP contribution in [0.1, 0.15) is 18.0 Å². The number of likely N-dealkylation sites (N-methyl/N-ethyl adjacent to an activating group) is 1. The molecule has 3 amide bonds. The van der Waals surface area contributed by atoms with E-state index in [0.717, 1.165) is 12.1 Å². The Balaban J connectivity index is 1.49. The number of likely N-dealkylation sites (tertiary alicyclic amines) is 1. The molecule has 1 fully saturated rings. The van der Waals surface area contributed by atoms with E-state index in [9.17, 15) is 18.8 Å². The number of nitrogens with one attached hydrogen (secondary N) is 2. The number of pyridine rings is 1. The first-order valence-corrected chi connectivity index (χ1v) is 10.3. The third kappa shape index (κ3) is 4.61. The molecule has 2 atom stereocenters. The largest absolute Gasteiger partial charge is 0.324 e. The molecule has 9 heteroatoms. The fourth-order valence-corrected chi connectivity index (χ4v) is 4.42. The predicted molar refractivity (Wildman–Crippen MR) is 116 cm³/mol. The maximum absolute atomic E-state index is 13.1. The summed E-state index contributed by atoms with van der Waals surface area (Å²) in [4.78, 5) is 41.2. The number of anilines is 2. The maximum Gasteiger partial charge on any atom is 0.321 e. The highest BCUT2D eigenvalue weighted by atomic mass is 19.1. The Kier molecular flexibility index (Phi) is 5.77. The second kappa shape index (κ2) is 8.50. The zero-order valence-corrected chi connectivity index (χ0v) is 17.6. The quantitative estimate of drug-likeness (QED) is 0.783. The third-order valence-corrected chi connectivity index (χ3v) is 5.72. The lowest BCUT2D eigenvalue weighted by Crippen LogP contribution is -2.50. The van der Waals surface area contributed by atoms with Crippen molar-refractivity contribution in [1.29, 1.82) is 0 Å². The second-order valence-corrected chi connectivity index (χ2v) is 8.51. The molecule has 0 aliphatic carbocycles. The van der Waals surface area contributed by atoms with Crippen LogP contribution in [-0.2, 0) is 11.3 Å². The Labute approximate surface area is 179 Å². The van der Waals surface area contributed by atoms with Gasteiger partial charge < -0.3 is 25.0 Å². The minimum Gasteiger partial charge on any atom is -0.324 e. The van der Waals surface area contributed by atoms with Gasteiger partial charge in [-0.15, -0.1) is 0 Å². The zero-order chi connectivity index (χ0) is 22.1. The van der Waals surface area contributed by atoms with E-state index < -0.39 is 0 Å². The first-order valence-electron chi connectivity index (χ1n) is 10.3. The van der Waals surface area contributed by atoms with E-state index in [4.69, 9.17) is 0 Å². The summed E-state index contributed by atoms with van der Waals surface area (Å²) in [6, 6.07) is 8.95. The molecule has 2 aliphatic rings. The lowest BCUT2D eigenvalue weighted by atomic mass is 9.83. The smallest absolute Gasteiger partial charge is 0.321 e.